The van der Waals surface area contributed by atoms with E-state index in [0.717, 1.165) is 12.8 Å². The van der Waals surface area contributed by atoms with E-state index in [1.165, 1.54) is 7.11 Å². The van der Waals surface area contributed by atoms with Crippen molar-refractivity contribution in [2.24, 2.45) is 0 Å². The smallest absolute Gasteiger partial charge is 0.245 e. The van der Waals surface area contributed by atoms with Gasteiger partial charge in [-0.05, 0) is 12.8 Å². The van der Waals surface area contributed by atoms with E-state index in [9.17, 15) is 4.79 Å². The van der Waals surface area contributed by atoms with Crippen molar-refractivity contribution < 1.29 is 14.3 Å². The first-order valence-corrected chi connectivity index (χ1v) is 7.00. The molecule has 3 rings (SSSR count). The second-order valence-corrected chi connectivity index (χ2v) is 5.19. The Morgan fingerprint density at radius 3 is 3.05 bits per heavy atom. The number of hydrogen-bond donors (Lipinski definition) is 2. The molecule has 1 unspecified atom stereocenters. The van der Waals surface area contributed by atoms with E-state index < -0.39 is 6.04 Å². The fourth-order valence-corrected chi connectivity index (χ4v) is 2.30. The Morgan fingerprint density at radius 2 is 2.33 bits per heavy atom. The largest absolute Gasteiger partial charge is 0.481 e. The van der Waals surface area contributed by atoms with Crippen molar-refractivity contribution in [1.29, 1.82) is 0 Å². The summed E-state index contributed by atoms with van der Waals surface area (Å²) < 4.78 is 10.5. The summed E-state index contributed by atoms with van der Waals surface area (Å²) in [4.78, 5) is 22.4. The zero-order chi connectivity index (χ0) is 14.8. The third-order valence-corrected chi connectivity index (χ3v) is 3.56. The van der Waals surface area contributed by atoms with Crippen LogP contribution >= 0.6 is 0 Å². The van der Waals surface area contributed by atoms with Gasteiger partial charge >= 0.3 is 0 Å². The summed E-state index contributed by atoms with van der Waals surface area (Å²) >= 11 is 0. The molecule has 8 nitrogen and oxygen atoms in total. The van der Waals surface area contributed by atoms with Crippen LogP contribution in [0.4, 0.5) is 11.8 Å². The normalized spacial score (nSPS) is 22.0. The zero-order valence-corrected chi connectivity index (χ0v) is 11.9. The molecular formula is C13H19N5O3. The summed E-state index contributed by atoms with van der Waals surface area (Å²) in [6, 6.07) is 1.59. The molecule has 114 valence electrons. The number of nitrogens with one attached hydrogen (secondary N) is 1. The number of ether oxygens (including phenoxy) is 2. The van der Waals surface area contributed by atoms with Gasteiger partial charge in [-0.1, -0.05) is 0 Å². The fraction of sp³-hybridized carbons (Fsp3) is 0.615. The molecule has 1 aliphatic heterocycles. The Morgan fingerprint density at radius 1 is 1.52 bits per heavy atom. The molecule has 8 heteroatoms. The first-order chi connectivity index (χ1) is 10.2. The summed E-state index contributed by atoms with van der Waals surface area (Å²) in [5.41, 5.74) is 5.69. The minimum absolute atomic E-state index is 0.0339. The molecule has 3 N–H and O–H groups in total. The molecule has 1 amide bonds. The van der Waals surface area contributed by atoms with Gasteiger partial charge in [-0.25, -0.2) is 0 Å². The quantitative estimate of drug-likeness (QED) is 0.775. The monoisotopic (exact) mass is 293 g/mol. The minimum atomic E-state index is -0.404. The van der Waals surface area contributed by atoms with Crippen LogP contribution in [0, 0.1) is 0 Å². The Kier molecular flexibility index (Phi) is 3.78. The highest BCUT2D eigenvalue weighted by Gasteiger charge is 2.34. The van der Waals surface area contributed by atoms with E-state index in [1.807, 2.05) is 4.90 Å². The van der Waals surface area contributed by atoms with Crippen LogP contribution in [0.25, 0.3) is 0 Å². The van der Waals surface area contributed by atoms with E-state index in [4.69, 9.17) is 15.2 Å². The standard InChI is InChI=1S/C13H19N5O3/c1-20-11-6-10(16-13(14)17-11)18-4-5-21-7-9(18)12(19)15-8-2-3-8/h6,8-9H,2-5,7H2,1H3,(H,15,19)(H2,14,16,17). The average Bonchev–Trinajstić information content (AvgIpc) is 3.30. The lowest BCUT2D eigenvalue weighted by Gasteiger charge is -2.35. The molecule has 1 aromatic heterocycles. The molecular weight excluding hydrogens is 274 g/mol. The highest BCUT2D eigenvalue weighted by atomic mass is 16.5. The molecule has 2 fully saturated rings. The van der Waals surface area contributed by atoms with Crippen LogP contribution < -0.4 is 20.7 Å². The van der Waals surface area contributed by atoms with E-state index in [0.29, 0.717) is 37.5 Å². The highest BCUT2D eigenvalue weighted by molar-refractivity contribution is 5.86. The van der Waals surface area contributed by atoms with Gasteiger partial charge < -0.3 is 25.4 Å². The van der Waals surface area contributed by atoms with E-state index in [-0.39, 0.29) is 11.9 Å². The van der Waals surface area contributed by atoms with Crippen molar-refractivity contribution in [2.75, 3.05) is 37.5 Å². The molecule has 2 aliphatic rings. The second kappa shape index (κ2) is 5.72. The van der Waals surface area contributed by atoms with Crippen molar-refractivity contribution >= 4 is 17.7 Å². The van der Waals surface area contributed by atoms with Crippen molar-refractivity contribution in [3.05, 3.63) is 6.07 Å². The maximum Gasteiger partial charge on any atom is 0.245 e. The minimum Gasteiger partial charge on any atom is -0.481 e. The molecule has 2 heterocycles. The number of nitrogens with two attached hydrogens (primary N) is 1. The summed E-state index contributed by atoms with van der Waals surface area (Å²) in [6.45, 7) is 1.45. The molecule has 1 atom stereocenters. The van der Waals surface area contributed by atoms with Gasteiger partial charge in [0.25, 0.3) is 0 Å². The number of morpholine rings is 1. The van der Waals surface area contributed by atoms with Gasteiger partial charge in [0.2, 0.25) is 17.7 Å². The van der Waals surface area contributed by atoms with Crippen molar-refractivity contribution in [3.63, 3.8) is 0 Å². The van der Waals surface area contributed by atoms with Crippen LogP contribution in [0.2, 0.25) is 0 Å². The number of amides is 1. The van der Waals surface area contributed by atoms with Crippen molar-refractivity contribution in [3.8, 4) is 5.88 Å². The van der Waals surface area contributed by atoms with Gasteiger partial charge in [0, 0.05) is 18.7 Å². The first-order valence-electron chi connectivity index (χ1n) is 7.00. The van der Waals surface area contributed by atoms with Crippen molar-refractivity contribution in [2.45, 2.75) is 24.9 Å². The van der Waals surface area contributed by atoms with Gasteiger partial charge in [-0.2, -0.15) is 9.97 Å². The van der Waals surface area contributed by atoms with E-state index in [1.54, 1.807) is 6.07 Å². The lowest BCUT2D eigenvalue weighted by Crippen LogP contribution is -2.54. The third-order valence-electron chi connectivity index (χ3n) is 3.56. The molecule has 0 spiro atoms. The maximum atomic E-state index is 12.3. The molecule has 1 saturated carbocycles. The number of methoxy groups -OCH3 is 1. The Hall–Kier alpha value is -2.09. The predicted molar refractivity (Wildman–Crippen MR) is 76.1 cm³/mol. The van der Waals surface area contributed by atoms with Crippen LogP contribution in [-0.2, 0) is 9.53 Å². The molecule has 1 aliphatic carbocycles. The number of nitrogens with zero attached hydrogens (tertiary/aromatic N) is 3. The topological polar surface area (TPSA) is 103 Å². The summed E-state index contributed by atoms with van der Waals surface area (Å²) in [5.74, 6) is 1.05. The van der Waals surface area contributed by atoms with Crippen LogP contribution in [0.15, 0.2) is 6.07 Å². The summed E-state index contributed by atoms with van der Waals surface area (Å²) in [7, 11) is 1.52. The van der Waals surface area contributed by atoms with Gasteiger partial charge in [0.15, 0.2) is 0 Å². The summed E-state index contributed by atoms with van der Waals surface area (Å²) in [6.07, 6.45) is 2.10. The number of carbonyl (C=O) groups is 1. The van der Waals surface area contributed by atoms with E-state index in [2.05, 4.69) is 15.3 Å². The lowest BCUT2D eigenvalue weighted by atomic mass is 10.2. The van der Waals surface area contributed by atoms with Gasteiger partial charge in [0.1, 0.15) is 11.9 Å². The molecule has 21 heavy (non-hydrogen) atoms. The molecule has 0 bridgehead atoms. The van der Waals surface area contributed by atoms with Gasteiger partial charge in [-0.15, -0.1) is 0 Å². The van der Waals surface area contributed by atoms with E-state index >= 15 is 0 Å². The molecule has 0 radical (unpaired) electrons. The Balaban J connectivity index is 1.82. The Labute approximate surface area is 122 Å². The molecule has 0 aromatic carbocycles. The third kappa shape index (κ3) is 3.15. The molecule has 1 aromatic rings. The van der Waals surface area contributed by atoms with Crippen LogP contribution in [0.5, 0.6) is 5.88 Å². The molecule has 1 saturated heterocycles. The SMILES string of the molecule is COc1cc(N2CCOCC2C(=O)NC2CC2)nc(N)n1. The number of hydrogen-bond acceptors (Lipinski definition) is 7. The Bertz CT molecular complexity index is 535. The second-order valence-electron chi connectivity index (χ2n) is 5.19. The average molecular weight is 293 g/mol. The number of nitrogen functional groups attached to an aromatic ring is 1. The van der Waals surface area contributed by atoms with Crippen molar-refractivity contribution in [1.82, 2.24) is 15.3 Å². The van der Waals surface area contributed by atoms with Gasteiger partial charge in [0.05, 0.1) is 20.3 Å². The highest BCUT2D eigenvalue weighted by Crippen LogP contribution is 2.24. The number of carbonyl (C=O) groups excluding carboxylic acids is 1. The number of anilines is 2. The summed E-state index contributed by atoms with van der Waals surface area (Å²) in [5, 5.41) is 3.00. The fourth-order valence-electron chi connectivity index (χ4n) is 2.30. The zero-order valence-electron chi connectivity index (χ0n) is 11.9. The van der Waals surface area contributed by atoms with Crippen LogP contribution in [0.3, 0.4) is 0 Å². The number of aromatic nitrogens is 2. The van der Waals surface area contributed by atoms with Gasteiger partial charge in [-0.3, -0.25) is 4.79 Å². The van der Waals surface area contributed by atoms with Crippen LogP contribution in [0.1, 0.15) is 12.8 Å². The predicted octanol–water partition coefficient (Wildman–Crippen LogP) is -0.449. The first kappa shape index (κ1) is 13.9. The maximum absolute atomic E-state index is 12.3. The lowest BCUT2D eigenvalue weighted by molar-refractivity contribution is -0.124. The van der Waals surface area contributed by atoms with Crippen LogP contribution in [-0.4, -0.2) is 54.8 Å². The number of rotatable bonds is 4.